The number of nitrogens with zero attached hydrogens (tertiary/aromatic N) is 4. The number of nitrogens with two attached hydrogens (primary N) is 1. The summed E-state index contributed by atoms with van der Waals surface area (Å²) in [7, 11) is 0. The van der Waals surface area contributed by atoms with E-state index < -0.39 is 0 Å². The molecule has 2 heterocycles. The van der Waals surface area contributed by atoms with Crippen LogP contribution in [0.3, 0.4) is 0 Å². The summed E-state index contributed by atoms with van der Waals surface area (Å²) < 4.78 is 2.88. The molecule has 0 spiro atoms. The quantitative estimate of drug-likeness (QED) is 0.687. The summed E-state index contributed by atoms with van der Waals surface area (Å²) in [5, 5.41) is 9.15. The van der Waals surface area contributed by atoms with Gasteiger partial charge in [-0.05, 0) is 36.1 Å². The van der Waals surface area contributed by atoms with E-state index in [1.807, 2.05) is 41.3 Å². The van der Waals surface area contributed by atoms with Gasteiger partial charge >= 0.3 is 5.69 Å². The van der Waals surface area contributed by atoms with Gasteiger partial charge in [-0.1, -0.05) is 42.5 Å². The molecule has 2 aromatic carbocycles. The fraction of sp³-hybridized carbons (Fsp3) is 0.292. The molecule has 0 unspecified atom stereocenters. The Labute approximate surface area is 180 Å². The van der Waals surface area contributed by atoms with Gasteiger partial charge in [0.25, 0.3) is 5.56 Å². The average Bonchev–Trinajstić information content (AvgIpc) is 2.79. The van der Waals surface area contributed by atoms with Crippen LogP contribution < -0.4 is 21.9 Å². The first-order valence-electron chi connectivity index (χ1n) is 10.4. The van der Waals surface area contributed by atoms with E-state index in [0.29, 0.717) is 24.5 Å². The van der Waals surface area contributed by atoms with Gasteiger partial charge in [0.1, 0.15) is 5.82 Å². The minimum absolute atomic E-state index is 0.0187. The Morgan fingerprint density at radius 2 is 1.71 bits per heavy atom. The highest BCUT2D eigenvalue weighted by Gasteiger charge is 2.22. The van der Waals surface area contributed by atoms with Crippen LogP contribution >= 0.6 is 0 Å². The van der Waals surface area contributed by atoms with Gasteiger partial charge in [-0.3, -0.25) is 13.9 Å². The number of nitriles is 1. The molecule has 0 radical (unpaired) electrons. The predicted octanol–water partition coefficient (Wildman–Crippen LogP) is 1.91. The Hall–Kier alpha value is -3.63. The Bertz CT molecular complexity index is 1220. The lowest BCUT2D eigenvalue weighted by Crippen LogP contribution is -2.48. The lowest BCUT2D eigenvalue weighted by Gasteiger charge is -2.34. The molecule has 158 valence electrons. The monoisotopic (exact) mass is 415 g/mol. The predicted molar refractivity (Wildman–Crippen MR) is 120 cm³/mol. The summed E-state index contributed by atoms with van der Waals surface area (Å²) >= 11 is 0. The first kappa shape index (κ1) is 20.6. The van der Waals surface area contributed by atoms with Crippen molar-refractivity contribution in [1.82, 2.24) is 9.13 Å². The van der Waals surface area contributed by atoms with Crippen LogP contribution in [0.2, 0.25) is 0 Å². The highest BCUT2D eigenvalue weighted by molar-refractivity contribution is 5.41. The summed E-state index contributed by atoms with van der Waals surface area (Å²) in [6.45, 7) is 1.85. The Balaban J connectivity index is 1.80. The van der Waals surface area contributed by atoms with Crippen LogP contribution in [-0.2, 0) is 13.1 Å². The standard InChI is InChI=1S/C24H25N5O2/c25-14-19-8-4-9-20(12-19)16-29-23(30)13-22(27-11-5-10-21(26)17-27)28(24(29)31)15-18-6-2-1-3-7-18/h1-4,6-9,12-13,21H,5,10-11,15-17,26H2/t21-/m1/s1. The summed E-state index contributed by atoms with van der Waals surface area (Å²) in [5.41, 5.74) is 7.64. The van der Waals surface area contributed by atoms with Gasteiger partial charge < -0.3 is 10.6 Å². The number of hydrogen-bond acceptors (Lipinski definition) is 5. The Kier molecular flexibility index (Phi) is 6.01. The number of piperidine rings is 1. The molecule has 0 saturated carbocycles. The van der Waals surface area contributed by atoms with Crippen molar-refractivity contribution >= 4 is 5.82 Å². The summed E-state index contributed by atoms with van der Waals surface area (Å²) in [6, 6.07) is 20.3. The second-order valence-corrected chi connectivity index (χ2v) is 7.94. The minimum Gasteiger partial charge on any atom is -0.356 e. The maximum absolute atomic E-state index is 13.5. The third kappa shape index (κ3) is 4.60. The molecule has 4 rings (SSSR count). The van der Waals surface area contributed by atoms with Crippen molar-refractivity contribution in [3.63, 3.8) is 0 Å². The molecule has 31 heavy (non-hydrogen) atoms. The molecule has 2 N–H and O–H groups in total. The lowest BCUT2D eigenvalue weighted by molar-refractivity contribution is 0.490. The number of aromatic nitrogens is 2. The van der Waals surface area contributed by atoms with Crippen LogP contribution in [0.4, 0.5) is 5.82 Å². The fourth-order valence-corrected chi connectivity index (χ4v) is 4.07. The van der Waals surface area contributed by atoms with Crippen molar-refractivity contribution in [2.24, 2.45) is 5.73 Å². The molecular formula is C24H25N5O2. The smallest absolute Gasteiger partial charge is 0.333 e. The van der Waals surface area contributed by atoms with E-state index in [1.165, 1.54) is 10.6 Å². The van der Waals surface area contributed by atoms with Crippen LogP contribution in [0, 0.1) is 11.3 Å². The summed E-state index contributed by atoms with van der Waals surface area (Å²) in [6.07, 6.45) is 1.86. The molecule has 1 atom stereocenters. The SMILES string of the molecule is N#Cc1cccc(Cn2c(=O)cc(N3CCC[C@@H](N)C3)n(Cc3ccccc3)c2=O)c1. The molecule has 7 heteroatoms. The Morgan fingerprint density at radius 1 is 0.968 bits per heavy atom. The van der Waals surface area contributed by atoms with Crippen molar-refractivity contribution in [2.45, 2.75) is 32.0 Å². The van der Waals surface area contributed by atoms with Gasteiger partial charge in [-0.15, -0.1) is 0 Å². The first-order valence-corrected chi connectivity index (χ1v) is 10.4. The third-order valence-corrected chi connectivity index (χ3v) is 5.62. The van der Waals surface area contributed by atoms with Gasteiger partial charge in [0, 0.05) is 25.2 Å². The molecule has 3 aromatic rings. The highest BCUT2D eigenvalue weighted by atomic mass is 16.2. The van der Waals surface area contributed by atoms with Crippen LogP contribution in [0.25, 0.3) is 0 Å². The third-order valence-electron chi connectivity index (χ3n) is 5.62. The van der Waals surface area contributed by atoms with Gasteiger partial charge in [0.05, 0.1) is 24.7 Å². The van der Waals surface area contributed by atoms with Crippen LogP contribution in [0.5, 0.6) is 0 Å². The maximum atomic E-state index is 13.5. The second kappa shape index (κ2) is 9.02. The Morgan fingerprint density at radius 3 is 2.45 bits per heavy atom. The zero-order valence-corrected chi connectivity index (χ0v) is 17.3. The number of rotatable bonds is 5. The lowest BCUT2D eigenvalue weighted by atomic mass is 10.1. The largest absolute Gasteiger partial charge is 0.356 e. The van der Waals surface area contributed by atoms with E-state index in [4.69, 9.17) is 11.0 Å². The topological polar surface area (TPSA) is 97.0 Å². The molecular weight excluding hydrogens is 390 g/mol. The molecule has 1 aliphatic heterocycles. The summed E-state index contributed by atoms with van der Waals surface area (Å²) in [4.78, 5) is 28.5. The van der Waals surface area contributed by atoms with E-state index in [9.17, 15) is 9.59 Å². The van der Waals surface area contributed by atoms with Crippen molar-refractivity contribution in [1.29, 1.82) is 5.26 Å². The van der Waals surface area contributed by atoms with E-state index in [2.05, 4.69) is 6.07 Å². The molecule has 1 aromatic heterocycles. The molecule has 7 nitrogen and oxygen atoms in total. The van der Waals surface area contributed by atoms with E-state index >= 15 is 0 Å². The molecule has 0 amide bonds. The minimum atomic E-state index is -0.368. The second-order valence-electron chi connectivity index (χ2n) is 7.94. The van der Waals surface area contributed by atoms with Crippen molar-refractivity contribution in [3.05, 3.63) is 98.2 Å². The van der Waals surface area contributed by atoms with Gasteiger partial charge in [-0.25, -0.2) is 4.79 Å². The molecule has 1 fully saturated rings. The van der Waals surface area contributed by atoms with E-state index in [1.54, 1.807) is 22.8 Å². The van der Waals surface area contributed by atoms with Crippen LogP contribution in [0.1, 0.15) is 29.5 Å². The van der Waals surface area contributed by atoms with Crippen molar-refractivity contribution in [2.75, 3.05) is 18.0 Å². The van der Waals surface area contributed by atoms with E-state index in [0.717, 1.165) is 30.5 Å². The van der Waals surface area contributed by atoms with E-state index in [-0.39, 0.29) is 23.8 Å². The molecule has 0 aliphatic carbocycles. The van der Waals surface area contributed by atoms with Gasteiger partial charge in [0.2, 0.25) is 0 Å². The zero-order valence-electron chi connectivity index (χ0n) is 17.3. The summed E-state index contributed by atoms with van der Waals surface area (Å²) in [5.74, 6) is 0.607. The zero-order chi connectivity index (χ0) is 21.8. The first-order chi connectivity index (χ1) is 15.0. The highest BCUT2D eigenvalue weighted by Crippen LogP contribution is 2.18. The molecule has 0 bridgehead atoms. The van der Waals surface area contributed by atoms with Gasteiger partial charge in [0.15, 0.2) is 0 Å². The average molecular weight is 415 g/mol. The number of benzene rings is 2. The van der Waals surface area contributed by atoms with Crippen molar-refractivity contribution < 1.29 is 0 Å². The van der Waals surface area contributed by atoms with Crippen molar-refractivity contribution in [3.8, 4) is 6.07 Å². The normalized spacial score (nSPS) is 16.1. The molecule has 1 aliphatic rings. The van der Waals surface area contributed by atoms with Gasteiger partial charge in [-0.2, -0.15) is 5.26 Å². The fourth-order valence-electron chi connectivity index (χ4n) is 4.07. The molecule has 1 saturated heterocycles. The van der Waals surface area contributed by atoms with Crippen LogP contribution in [0.15, 0.2) is 70.3 Å². The number of hydrogen-bond donors (Lipinski definition) is 1. The number of anilines is 1. The maximum Gasteiger partial charge on any atom is 0.333 e. The van der Waals surface area contributed by atoms with Crippen LogP contribution in [-0.4, -0.2) is 28.3 Å².